The van der Waals surface area contributed by atoms with Gasteiger partial charge in [-0.2, -0.15) is 5.10 Å². The van der Waals surface area contributed by atoms with Gasteiger partial charge in [0.25, 0.3) is 0 Å². The molecule has 2 aliphatic rings. The maximum atomic E-state index is 12.4. The van der Waals surface area contributed by atoms with Crippen LogP contribution in [-0.4, -0.2) is 50.2 Å². The lowest BCUT2D eigenvalue weighted by Gasteiger charge is -2.11. The van der Waals surface area contributed by atoms with Crippen molar-refractivity contribution in [2.75, 3.05) is 12.9 Å². The van der Waals surface area contributed by atoms with Crippen LogP contribution in [0.15, 0.2) is 28.2 Å². The highest BCUT2D eigenvalue weighted by Gasteiger charge is 2.42. The molecule has 4 rings (SSSR count). The van der Waals surface area contributed by atoms with E-state index in [1.807, 2.05) is 0 Å². The van der Waals surface area contributed by atoms with Gasteiger partial charge in [-0.15, -0.1) is 11.8 Å². The topological polar surface area (TPSA) is 110 Å². The third-order valence-corrected chi connectivity index (χ3v) is 6.98. The van der Waals surface area contributed by atoms with E-state index in [9.17, 15) is 9.59 Å². The van der Waals surface area contributed by atoms with E-state index in [1.165, 1.54) is 25.2 Å². The summed E-state index contributed by atoms with van der Waals surface area (Å²) in [6, 6.07) is 0. The molecule has 26 heavy (non-hydrogen) atoms. The van der Waals surface area contributed by atoms with E-state index in [1.54, 1.807) is 18.0 Å². The number of thioether (sulfide) groups is 2. The summed E-state index contributed by atoms with van der Waals surface area (Å²) >= 11 is 2.90. The Balaban J connectivity index is 1.45. The van der Waals surface area contributed by atoms with Gasteiger partial charge in [-0.1, -0.05) is 18.2 Å². The van der Waals surface area contributed by atoms with Crippen LogP contribution in [-0.2, 0) is 14.3 Å². The number of ether oxygens (including phenoxy) is 1. The number of aromatic amines is 1. The van der Waals surface area contributed by atoms with Crippen molar-refractivity contribution in [1.82, 2.24) is 25.5 Å². The van der Waals surface area contributed by atoms with Crippen LogP contribution in [0.5, 0.6) is 0 Å². The number of fused-ring (bicyclic) bond motifs is 2. The van der Waals surface area contributed by atoms with Crippen molar-refractivity contribution in [1.29, 1.82) is 0 Å². The molecule has 0 radical (unpaired) electrons. The van der Waals surface area contributed by atoms with E-state index < -0.39 is 0 Å². The number of hydrogen-bond acceptors (Lipinski definition) is 8. The fraction of sp³-hybridized carbons (Fsp3) is 0.438. The van der Waals surface area contributed by atoms with Crippen LogP contribution < -0.4 is 5.32 Å². The van der Waals surface area contributed by atoms with Crippen LogP contribution >= 0.6 is 23.5 Å². The van der Waals surface area contributed by atoms with Gasteiger partial charge in [0.1, 0.15) is 11.4 Å². The zero-order valence-corrected chi connectivity index (χ0v) is 15.7. The molecule has 2 aromatic rings. The molecule has 1 amide bonds. The van der Waals surface area contributed by atoms with Crippen LogP contribution in [0.1, 0.15) is 19.3 Å². The molecule has 1 aliphatic carbocycles. The number of amides is 1. The summed E-state index contributed by atoms with van der Waals surface area (Å²) in [6.45, 7) is 0. The Morgan fingerprint density at radius 3 is 3.15 bits per heavy atom. The average molecular weight is 391 g/mol. The Hall–Kier alpha value is -2.07. The smallest absolute Gasteiger partial charge is 0.336 e. The van der Waals surface area contributed by atoms with Crippen LogP contribution in [0, 0.1) is 5.92 Å². The molecule has 3 heterocycles. The first-order valence-corrected chi connectivity index (χ1v) is 10.1. The number of H-pyrrole nitrogens is 1. The molecular formula is C16H17N5O3S2. The molecule has 1 fully saturated rings. The number of carbonyl (C=O) groups excluding carboxylic acids is 2. The normalized spacial score (nSPS) is 21.9. The highest BCUT2D eigenvalue weighted by molar-refractivity contribution is 8.04. The molecule has 2 atom stereocenters. The molecule has 2 N–H and O–H groups in total. The summed E-state index contributed by atoms with van der Waals surface area (Å²) < 4.78 is 4.93. The third kappa shape index (κ3) is 3.18. The van der Waals surface area contributed by atoms with Gasteiger partial charge < -0.3 is 10.1 Å². The second-order valence-corrected chi connectivity index (χ2v) is 8.29. The fourth-order valence-corrected chi connectivity index (χ4v) is 5.71. The van der Waals surface area contributed by atoms with Gasteiger partial charge in [0.05, 0.1) is 35.0 Å². The quantitative estimate of drug-likeness (QED) is 0.451. The summed E-state index contributed by atoms with van der Waals surface area (Å²) in [4.78, 5) is 32.9. The summed E-state index contributed by atoms with van der Waals surface area (Å²) in [5.74, 6) is -0.145. The molecule has 0 spiro atoms. The van der Waals surface area contributed by atoms with Crippen molar-refractivity contribution < 1.29 is 14.3 Å². The van der Waals surface area contributed by atoms with Crippen molar-refractivity contribution in [2.24, 2.45) is 5.92 Å². The number of rotatable bonds is 5. The minimum atomic E-state index is -0.342. The first-order valence-electron chi connectivity index (χ1n) is 8.23. The standard InChI is InChI=1S/C16H17N5O3S2/c1-24-16(23)12-8-3-2-4-10(8)26-15(12)20-11(22)6-25-14-9-5-19-21-13(9)17-7-18-14/h5,7-8,10H,2-4,6H2,1H3,(H,20,22)(H,17,18,19,21)/t8-,10-/m0/s1. The Morgan fingerprint density at radius 2 is 2.31 bits per heavy atom. The lowest BCUT2D eigenvalue weighted by molar-refractivity contribution is -0.136. The molecule has 0 unspecified atom stereocenters. The van der Waals surface area contributed by atoms with Crippen molar-refractivity contribution in [3.8, 4) is 0 Å². The van der Waals surface area contributed by atoms with Gasteiger partial charge in [-0.05, 0) is 12.8 Å². The Labute approximate surface area is 157 Å². The first-order chi connectivity index (χ1) is 12.7. The van der Waals surface area contributed by atoms with Gasteiger partial charge in [-0.25, -0.2) is 14.8 Å². The van der Waals surface area contributed by atoms with Gasteiger partial charge in [0.15, 0.2) is 5.65 Å². The Bertz CT molecular complexity index is 897. The Morgan fingerprint density at radius 1 is 1.42 bits per heavy atom. The maximum Gasteiger partial charge on any atom is 0.336 e. The number of hydrogen-bond donors (Lipinski definition) is 2. The Kier molecular flexibility index (Phi) is 4.86. The van der Waals surface area contributed by atoms with E-state index in [2.05, 4.69) is 25.5 Å². The lowest BCUT2D eigenvalue weighted by Crippen LogP contribution is -2.25. The van der Waals surface area contributed by atoms with Crippen LogP contribution in [0.3, 0.4) is 0 Å². The minimum Gasteiger partial charge on any atom is -0.466 e. The maximum absolute atomic E-state index is 12.4. The number of nitrogens with zero attached hydrogens (tertiary/aromatic N) is 3. The van der Waals surface area contributed by atoms with Crippen LogP contribution in [0.25, 0.3) is 11.0 Å². The number of aromatic nitrogens is 4. The van der Waals surface area contributed by atoms with Crippen molar-refractivity contribution >= 4 is 46.4 Å². The zero-order chi connectivity index (χ0) is 18.1. The fourth-order valence-electron chi connectivity index (χ4n) is 3.39. The monoisotopic (exact) mass is 391 g/mol. The van der Waals surface area contributed by atoms with Crippen LogP contribution in [0.4, 0.5) is 0 Å². The van der Waals surface area contributed by atoms with Gasteiger partial charge in [-0.3, -0.25) is 9.89 Å². The lowest BCUT2D eigenvalue weighted by atomic mass is 9.98. The SMILES string of the molecule is COC(=O)C1=C(NC(=O)CSc2ncnc3[nH]ncc23)S[C@H]2CCC[C@H]12. The summed E-state index contributed by atoms with van der Waals surface area (Å²) in [7, 11) is 1.38. The second-order valence-electron chi connectivity index (χ2n) is 6.08. The van der Waals surface area contributed by atoms with E-state index in [0.717, 1.165) is 24.6 Å². The van der Waals surface area contributed by atoms with E-state index >= 15 is 0 Å². The molecule has 2 aromatic heterocycles. The average Bonchev–Trinajstić information content (AvgIpc) is 3.34. The molecule has 0 aromatic carbocycles. The van der Waals surface area contributed by atoms with Gasteiger partial charge in [0.2, 0.25) is 5.91 Å². The summed E-state index contributed by atoms with van der Waals surface area (Å²) in [5, 5.41) is 12.1. The summed E-state index contributed by atoms with van der Waals surface area (Å²) in [6.07, 6.45) is 6.21. The minimum absolute atomic E-state index is 0.172. The molecule has 136 valence electrons. The van der Waals surface area contributed by atoms with E-state index in [-0.39, 0.29) is 23.5 Å². The summed E-state index contributed by atoms with van der Waals surface area (Å²) in [5.41, 5.74) is 1.26. The molecular weight excluding hydrogens is 374 g/mol. The van der Waals surface area contributed by atoms with E-state index in [4.69, 9.17) is 4.74 Å². The number of carbonyl (C=O) groups is 2. The molecule has 1 saturated carbocycles. The predicted octanol–water partition coefficient (Wildman–Crippen LogP) is 1.86. The van der Waals surface area contributed by atoms with Crippen molar-refractivity contribution in [3.05, 3.63) is 23.1 Å². The molecule has 10 heteroatoms. The van der Waals surface area contributed by atoms with Crippen molar-refractivity contribution in [3.63, 3.8) is 0 Å². The molecule has 0 saturated heterocycles. The molecule has 8 nitrogen and oxygen atoms in total. The van der Waals surface area contributed by atoms with E-state index in [0.29, 0.717) is 26.5 Å². The zero-order valence-electron chi connectivity index (χ0n) is 14.0. The van der Waals surface area contributed by atoms with Crippen LogP contribution in [0.2, 0.25) is 0 Å². The largest absolute Gasteiger partial charge is 0.466 e. The predicted molar refractivity (Wildman–Crippen MR) is 98.3 cm³/mol. The van der Waals surface area contributed by atoms with Gasteiger partial charge >= 0.3 is 5.97 Å². The third-order valence-electron chi connectivity index (χ3n) is 4.55. The molecule has 0 bridgehead atoms. The number of methoxy groups -OCH3 is 1. The molecule has 1 aliphatic heterocycles. The first kappa shape index (κ1) is 17.3. The highest BCUT2D eigenvalue weighted by Crippen LogP contribution is 2.49. The van der Waals surface area contributed by atoms with Crippen molar-refractivity contribution in [2.45, 2.75) is 29.5 Å². The highest BCUT2D eigenvalue weighted by atomic mass is 32.2. The number of esters is 1. The van der Waals surface area contributed by atoms with Gasteiger partial charge in [0, 0.05) is 11.2 Å². The second kappa shape index (κ2) is 7.28. The number of nitrogens with one attached hydrogen (secondary N) is 2.